The number of nitrogens with one attached hydrogen (secondary N) is 1. The van der Waals surface area contributed by atoms with E-state index in [2.05, 4.69) is 20.1 Å². The van der Waals surface area contributed by atoms with Crippen LogP contribution in [-0.2, 0) is 0 Å². The van der Waals surface area contributed by atoms with Gasteiger partial charge in [0.25, 0.3) is 0 Å². The molecule has 1 N–H and O–H groups in total. The molecule has 19 heavy (non-hydrogen) atoms. The molecule has 5 nitrogen and oxygen atoms in total. The fourth-order valence-electron chi connectivity index (χ4n) is 2.25. The van der Waals surface area contributed by atoms with Crippen LogP contribution in [0.5, 0.6) is 0 Å². The van der Waals surface area contributed by atoms with Crippen molar-refractivity contribution in [3.63, 3.8) is 0 Å². The highest BCUT2D eigenvalue weighted by molar-refractivity contribution is 5.82. The van der Waals surface area contributed by atoms with E-state index in [4.69, 9.17) is 0 Å². The molecule has 4 aromatic rings. The Hall–Kier alpha value is -2.69. The average Bonchev–Trinajstić information content (AvgIpc) is 3.00. The normalized spacial score (nSPS) is 11.4. The van der Waals surface area contributed by atoms with E-state index in [1.54, 1.807) is 0 Å². The molecule has 0 aliphatic rings. The van der Waals surface area contributed by atoms with Crippen LogP contribution in [0.2, 0.25) is 0 Å². The Morgan fingerprint density at radius 3 is 3.11 bits per heavy atom. The van der Waals surface area contributed by atoms with Crippen LogP contribution < -0.4 is 0 Å². The van der Waals surface area contributed by atoms with Gasteiger partial charge >= 0.3 is 0 Å². The first kappa shape index (κ1) is 10.3. The van der Waals surface area contributed by atoms with Crippen LogP contribution in [0.25, 0.3) is 28.1 Å². The fraction of sp³-hybridized carbons (Fsp3) is 0.0714. The van der Waals surface area contributed by atoms with E-state index in [9.17, 15) is 0 Å². The molecule has 0 radical (unpaired) electrons. The van der Waals surface area contributed by atoms with Crippen molar-refractivity contribution in [3.05, 3.63) is 48.4 Å². The number of nitrogens with zero attached hydrogens (tertiary/aromatic N) is 4. The molecule has 0 unspecified atom stereocenters. The number of aromatic nitrogens is 5. The predicted molar refractivity (Wildman–Crippen MR) is 72.8 cm³/mol. The molecule has 92 valence electrons. The summed E-state index contributed by atoms with van der Waals surface area (Å²) in [6.45, 7) is 2.02. The summed E-state index contributed by atoms with van der Waals surface area (Å²) in [5.74, 6) is 0.800. The van der Waals surface area contributed by atoms with Crippen molar-refractivity contribution in [2.24, 2.45) is 0 Å². The SMILES string of the molecule is Cc1cnc2nc(-c3cnn4ccccc34)[nH]c2c1. The Kier molecular flexibility index (Phi) is 1.97. The molecule has 0 spiro atoms. The van der Waals surface area contributed by atoms with Crippen LogP contribution in [0.15, 0.2) is 42.9 Å². The first-order valence-electron chi connectivity index (χ1n) is 6.06. The van der Waals surface area contributed by atoms with Gasteiger partial charge in [-0.15, -0.1) is 0 Å². The van der Waals surface area contributed by atoms with Crippen molar-refractivity contribution in [1.29, 1.82) is 0 Å². The molecule has 0 atom stereocenters. The third kappa shape index (κ3) is 1.52. The molecule has 0 aliphatic carbocycles. The molecule has 5 heteroatoms. The summed E-state index contributed by atoms with van der Waals surface area (Å²) < 4.78 is 1.83. The van der Waals surface area contributed by atoms with Crippen molar-refractivity contribution in [2.45, 2.75) is 6.92 Å². The molecule has 4 rings (SSSR count). The highest BCUT2D eigenvalue weighted by Gasteiger charge is 2.11. The van der Waals surface area contributed by atoms with Crippen molar-refractivity contribution >= 4 is 16.7 Å². The number of fused-ring (bicyclic) bond motifs is 2. The molecular weight excluding hydrogens is 238 g/mol. The minimum atomic E-state index is 0.732. The lowest BCUT2D eigenvalue weighted by Gasteiger charge is -1.93. The smallest absolute Gasteiger partial charge is 0.178 e. The molecule has 0 amide bonds. The fourth-order valence-corrected chi connectivity index (χ4v) is 2.25. The minimum absolute atomic E-state index is 0.732. The van der Waals surface area contributed by atoms with Gasteiger partial charge in [-0.1, -0.05) is 6.07 Å². The lowest BCUT2D eigenvalue weighted by Crippen LogP contribution is -1.84. The summed E-state index contributed by atoms with van der Waals surface area (Å²) in [7, 11) is 0. The zero-order valence-corrected chi connectivity index (χ0v) is 10.3. The van der Waals surface area contributed by atoms with E-state index < -0.39 is 0 Å². The van der Waals surface area contributed by atoms with E-state index >= 15 is 0 Å². The lowest BCUT2D eigenvalue weighted by atomic mass is 10.2. The third-order valence-corrected chi connectivity index (χ3v) is 3.16. The number of pyridine rings is 2. The van der Waals surface area contributed by atoms with Gasteiger partial charge in [0.15, 0.2) is 5.65 Å². The highest BCUT2D eigenvalue weighted by Crippen LogP contribution is 2.23. The maximum atomic E-state index is 4.53. The van der Waals surface area contributed by atoms with Gasteiger partial charge < -0.3 is 4.98 Å². The summed E-state index contributed by atoms with van der Waals surface area (Å²) in [6.07, 6.45) is 5.56. The standard InChI is InChI=1S/C14H11N5/c1-9-6-11-14(15-7-9)18-13(17-11)10-8-16-19-5-3-2-4-12(10)19/h2-8H,1H3,(H,15,17,18). The molecule has 4 heterocycles. The maximum Gasteiger partial charge on any atom is 0.178 e. The van der Waals surface area contributed by atoms with Crippen LogP contribution in [0.4, 0.5) is 0 Å². The predicted octanol–water partition coefficient (Wildman–Crippen LogP) is 2.58. The zero-order chi connectivity index (χ0) is 12.8. The topological polar surface area (TPSA) is 58.9 Å². The summed E-state index contributed by atoms with van der Waals surface area (Å²) in [6, 6.07) is 8.01. The maximum absolute atomic E-state index is 4.53. The van der Waals surface area contributed by atoms with Crippen molar-refractivity contribution in [2.75, 3.05) is 0 Å². The largest absolute Gasteiger partial charge is 0.336 e. The molecule has 0 bridgehead atoms. The van der Waals surface area contributed by atoms with E-state index in [0.717, 1.165) is 33.6 Å². The van der Waals surface area contributed by atoms with Crippen LogP contribution >= 0.6 is 0 Å². The Morgan fingerprint density at radius 2 is 2.16 bits per heavy atom. The van der Waals surface area contributed by atoms with Gasteiger partial charge in [-0.2, -0.15) is 5.10 Å². The van der Waals surface area contributed by atoms with Gasteiger partial charge in [0.05, 0.1) is 22.8 Å². The summed E-state index contributed by atoms with van der Waals surface area (Å²) >= 11 is 0. The number of H-pyrrole nitrogens is 1. The van der Waals surface area contributed by atoms with Gasteiger partial charge in [0.2, 0.25) is 0 Å². The zero-order valence-electron chi connectivity index (χ0n) is 10.3. The quantitative estimate of drug-likeness (QED) is 0.564. The van der Waals surface area contributed by atoms with Gasteiger partial charge in [-0.05, 0) is 30.7 Å². The van der Waals surface area contributed by atoms with Crippen LogP contribution in [0, 0.1) is 6.92 Å². The first-order valence-corrected chi connectivity index (χ1v) is 6.06. The average molecular weight is 249 g/mol. The molecule has 0 saturated carbocycles. The van der Waals surface area contributed by atoms with Gasteiger partial charge in [0.1, 0.15) is 5.82 Å². The number of hydrogen-bond donors (Lipinski definition) is 1. The number of rotatable bonds is 1. The second kappa shape index (κ2) is 3.65. The van der Waals surface area contributed by atoms with E-state index in [1.807, 2.05) is 54.3 Å². The van der Waals surface area contributed by atoms with Gasteiger partial charge in [-0.25, -0.2) is 14.5 Å². The van der Waals surface area contributed by atoms with Crippen LogP contribution in [0.3, 0.4) is 0 Å². The van der Waals surface area contributed by atoms with Crippen molar-refractivity contribution in [1.82, 2.24) is 24.6 Å². The van der Waals surface area contributed by atoms with Gasteiger partial charge in [-0.3, -0.25) is 0 Å². The number of aryl methyl sites for hydroxylation is 1. The number of hydrogen-bond acceptors (Lipinski definition) is 3. The van der Waals surface area contributed by atoms with Crippen molar-refractivity contribution < 1.29 is 0 Å². The summed E-state index contributed by atoms with van der Waals surface area (Å²) in [5.41, 5.74) is 4.80. The Morgan fingerprint density at radius 1 is 1.21 bits per heavy atom. The third-order valence-electron chi connectivity index (χ3n) is 3.16. The Balaban J connectivity index is 1.99. The molecule has 0 saturated heterocycles. The first-order chi connectivity index (χ1) is 9.31. The number of aromatic amines is 1. The Labute approximate surface area is 108 Å². The van der Waals surface area contributed by atoms with Crippen molar-refractivity contribution in [3.8, 4) is 11.4 Å². The second-order valence-electron chi connectivity index (χ2n) is 4.56. The monoisotopic (exact) mass is 249 g/mol. The van der Waals surface area contributed by atoms with E-state index in [0.29, 0.717) is 0 Å². The van der Waals surface area contributed by atoms with E-state index in [1.165, 1.54) is 0 Å². The van der Waals surface area contributed by atoms with Crippen LogP contribution in [0.1, 0.15) is 5.56 Å². The highest BCUT2D eigenvalue weighted by atomic mass is 15.2. The van der Waals surface area contributed by atoms with Crippen LogP contribution in [-0.4, -0.2) is 24.6 Å². The summed E-state index contributed by atoms with van der Waals surface area (Å²) in [5, 5.41) is 4.32. The van der Waals surface area contributed by atoms with Gasteiger partial charge in [0, 0.05) is 12.4 Å². The molecule has 0 aliphatic heterocycles. The minimum Gasteiger partial charge on any atom is -0.336 e. The Bertz CT molecular complexity index is 887. The summed E-state index contributed by atoms with van der Waals surface area (Å²) in [4.78, 5) is 12.2. The lowest BCUT2D eigenvalue weighted by molar-refractivity contribution is 0.961. The number of imidazole rings is 1. The molecule has 0 aromatic carbocycles. The molecule has 0 fully saturated rings. The van der Waals surface area contributed by atoms with E-state index in [-0.39, 0.29) is 0 Å². The second-order valence-corrected chi connectivity index (χ2v) is 4.56. The molecular formula is C14H11N5. The molecule has 4 aromatic heterocycles.